The van der Waals surface area contributed by atoms with Crippen LogP contribution in [-0.4, -0.2) is 15.8 Å². The summed E-state index contributed by atoms with van der Waals surface area (Å²) in [5.74, 6) is 0. The number of nitrogens with zero attached hydrogens (tertiary/aromatic N) is 6. The molecule has 0 saturated heterocycles. The van der Waals surface area contributed by atoms with Crippen LogP contribution in [0.1, 0.15) is 137 Å². The van der Waals surface area contributed by atoms with Crippen LogP contribution in [0.3, 0.4) is 0 Å². The molecule has 17 aromatic carbocycles. The van der Waals surface area contributed by atoms with Crippen LogP contribution in [0, 0.1) is 17.9 Å². The summed E-state index contributed by atoms with van der Waals surface area (Å²) < 4.78 is 5.10. The Bertz CT molecular complexity index is 7740. The van der Waals surface area contributed by atoms with Gasteiger partial charge in [0.1, 0.15) is 0 Å². The van der Waals surface area contributed by atoms with Gasteiger partial charge in [0, 0.05) is 77.9 Å². The quantitative estimate of drug-likeness (QED) is 0.0904. The summed E-state index contributed by atoms with van der Waals surface area (Å²) in [5.41, 5.74) is 40.0. The largest absolute Gasteiger partial charge is 0.310 e. The van der Waals surface area contributed by atoms with Crippen molar-refractivity contribution in [2.45, 2.75) is 131 Å². The molecule has 6 nitrogen and oxygen atoms in total. The van der Waals surface area contributed by atoms with Gasteiger partial charge >= 0.3 is 0 Å². The van der Waals surface area contributed by atoms with Crippen molar-refractivity contribution in [3.63, 3.8) is 0 Å². The van der Waals surface area contributed by atoms with Gasteiger partial charge in [0.25, 0.3) is 6.71 Å². The van der Waals surface area contributed by atoms with Crippen LogP contribution in [0.4, 0.5) is 39.8 Å². The standard InChI is InChI=1S/C124H105BN6/c1-120(2,3)91-48-44-85(45-49-91)101-67-88(81-42-40-78(77-126)41-43-81)65-99(83-34-25-19-26-35-83)118(101)130-113-75-97(128-109-60-50-92(121(4,5)6)71-103(109)104-72-93(122(7,8)9)51-61-110(104)128)56-58-107(113)125-108-59-57-98(129-111-62-52-94(123(10,11)12)73-105(111)106-74-95(124(13,14)15)53-63-112(106)129)76-114(108)131(116-70-90(69-115(130)117(116)125)80-32-23-18-24-33-80)119-100(84-36-27-20-28-37-84)66-89(82-46-54-96(127-16)55-47-82)68-102(119)87-39-29-38-86(64-87)79-30-21-17-22-31-79/h17-76H,1-15H3. The lowest BCUT2D eigenvalue weighted by atomic mass is 9.33. The molecule has 0 unspecified atom stereocenters. The van der Waals surface area contributed by atoms with E-state index in [2.05, 4.69) is 473 Å². The van der Waals surface area contributed by atoms with Crippen molar-refractivity contribution in [2.24, 2.45) is 0 Å². The van der Waals surface area contributed by atoms with E-state index in [9.17, 15) is 5.26 Å². The van der Waals surface area contributed by atoms with E-state index < -0.39 is 6.71 Å². The van der Waals surface area contributed by atoms with Gasteiger partial charge in [0.2, 0.25) is 0 Å². The Balaban J connectivity index is 0.959. The van der Waals surface area contributed by atoms with Gasteiger partial charge in [-0.2, -0.15) is 5.26 Å². The first kappa shape index (κ1) is 82.9. The second kappa shape index (κ2) is 31.4. The molecule has 0 radical (unpaired) electrons. The lowest BCUT2D eigenvalue weighted by Gasteiger charge is -2.46. The molecular formula is C124H105BN6. The molecule has 0 atom stereocenters. The second-order valence-electron chi connectivity index (χ2n) is 41.2. The lowest BCUT2D eigenvalue weighted by molar-refractivity contribution is 0.590. The monoisotopic (exact) mass is 1690 g/mol. The minimum Gasteiger partial charge on any atom is -0.310 e. The third kappa shape index (κ3) is 14.6. The zero-order valence-electron chi connectivity index (χ0n) is 77.4. The highest BCUT2D eigenvalue weighted by Gasteiger charge is 2.47. The van der Waals surface area contributed by atoms with Crippen molar-refractivity contribution in [1.29, 1.82) is 5.26 Å². The summed E-state index contributed by atoms with van der Waals surface area (Å²) in [6.07, 6.45) is 0. The number of nitriles is 1. The Hall–Kier alpha value is -15.0. The molecule has 0 spiro atoms. The van der Waals surface area contributed by atoms with Crippen molar-refractivity contribution >= 4 is 107 Å². The van der Waals surface area contributed by atoms with Crippen molar-refractivity contribution in [3.05, 3.63) is 409 Å². The van der Waals surface area contributed by atoms with E-state index in [1.807, 2.05) is 24.3 Å². The van der Waals surface area contributed by atoms with E-state index in [0.717, 1.165) is 173 Å². The molecule has 0 saturated carbocycles. The Kier molecular flexibility index (Phi) is 19.9. The maximum absolute atomic E-state index is 10.4. The average molecular weight is 1690 g/mol. The molecule has 2 aliphatic heterocycles. The van der Waals surface area contributed by atoms with E-state index in [1.54, 1.807) is 0 Å². The van der Waals surface area contributed by atoms with Gasteiger partial charge in [-0.25, -0.2) is 4.85 Å². The summed E-state index contributed by atoms with van der Waals surface area (Å²) in [5, 5.41) is 15.3. The minimum atomic E-state index is -0.396. The predicted molar refractivity (Wildman–Crippen MR) is 557 cm³/mol. The van der Waals surface area contributed by atoms with Crippen LogP contribution in [0.2, 0.25) is 0 Å². The average Bonchev–Trinajstić information content (AvgIpc) is 0.959. The Morgan fingerprint density at radius 2 is 0.565 bits per heavy atom. The van der Waals surface area contributed by atoms with Crippen LogP contribution in [0.5, 0.6) is 0 Å². The predicted octanol–water partition coefficient (Wildman–Crippen LogP) is 32.2. The number of hydrogen-bond donors (Lipinski definition) is 0. The molecule has 0 N–H and O–H groups in total. The fraction of sp³-hybridized carbons (Fsp3) is 0.161. The van der Waals surface area contributed by atoms with Gasteiger partial charge in [0.15, 0.2) is 5.69 Å². The van der Waals surface area contributed by atoms with E-state index in [4.69, 9.17) is 6.57 Å². The van der Waals surface area contributed by atoms with E-state index >= 15 is 0 Å². The van der Waals surface area contributed by atoms with E-state index in [0.29, 0.717) is 11.3 Å². The number of benzene rings is 17. The maximum atomic E-state index is 10.4. The number of rotatable bonds is 12. The minimum absolute atomic E-state index is 0.116. The fourth-order valence-electron chi connectivity index (χ4n) is 20.3. The normalized spacial score (nSPS) is 12.8. The summed E-state index contributed by atoms with van der Waals surface area (Å²) >= 11 is 0. The summed E-state index contributed by atoms with van der Waals surface area (Å²) in [7, 11) is 0. The van der Waals surface area contributed by atoms with Gasteiger partial charge in [-0.05, 0) is 265 Å². The molecule has 0 bridgehead atoms. The molecule has 0 aliphatic carbocycles. The molecule has 19 aromatic rings. The summed E-state index contributed by atoms with van der Waals surface area (Å²) in [4.78, 5) is 9.33. The number of hydrogen-bond acceptors (Lipinski definition) is 3. The molecule has 7 heteroatoms. The highest BCUT2D eigenvalue weighted by Crippen LogP contribution is 2.57. The van der Waals surface area contributed by atoms with Crippen LogP contribution in [0.25, 0.3) is 149 Å². The van der Waals surface area contributed by atoms with Gasteiger partial charge in [0.05, 0.1) is 51.6 Å². The SMILES string of the molecule is [C-]#[N+]c1ccc(-c2cc(-c3ccccc3)c(N3c4cc(-n5c6ccc(C(C)(C)C)cc6c6cc(C(C)(C)C)ccc65)ccc4B4c5ccc(-n6c7ccc(C(C)(C)C)cc7c7cc(C(C)(C)C)ccc76)cc5N(c5c(-c6ccccc6)cc(-c6ccc(C#N)cc6)cc5-c5ccc(C(C)(C)C)cc5)c5cc(-c6ccccc6)cc3c54)c(-c3cccc(-c4ccccc4)c3)c2)cc1. The first-order valence-corrected chi connectivity index (χ1v) is 46.0. The molecule has 21 rings (SSSR count). The van der Waals surface area contributed by atoms with Crippen LogP contribution >= 0.6 is 0 Å². The van der Waals surface area contributed by atoms with Crippen molar-refractivity contribution in [2.75, 3.05) is 9.80 Å². The van der Waals surface area contributed by atoms with Crippen molar-refractivity contribution in [1.82, 2.24) is 9.13 Å². The molecule has 634 valence electrons. The molecule has 2 aromatic heterocycles. The Morgan fingerprint density at radius 1 is 0.260 bits per heavy atom. The van der Waals surface area contributed by atoms with Crippen molar-refractivity contribution < 1.29 is 0 Å². The Labute approximate surface area is 771 Å². The van der Waals surface area contributed by atoms with Gasteiger partial charge < -0.3 is 18.9 Å². The molecule has 131 heavy (non-hydrogen) atoms. The first-order chi connectivity index (χ1) is 63.0. The maximum Gasteiger partial charge on any atom is 0.252 e. The third-order valence-electron chi connectivity index (χ3n) is 27.5. The van der Waals surface area contributed by atoms with E-state index in [-0.39, 0.29) is 27.1 Å². The van der Waals surface area contributed by atoms with Gasteiger partial charge in [-0.15, -0.1) is 0 Å². The third-order valence-corrected chi connectivity index (χ3v) is 27.5. The van der Waals surface area contributed by atoms with Crippen LogP contribution in [-0.2, 0) is 27.1 Å². The topological polar surface area (TPSA) is 44.5 Å². The smallest absolute Gasteiger partial charge is 0.252 e. The summed E-state index contributed by atoms with van der Waals surface area (Å²) in [6.45, 7) is 42.6. The Morgan fingerprint density at radius 3 is 0.931 bits per heavy atom. The highest BCUT2D eigenvalue weighted by molar-refractivity contribution is 7.00. The second-order valence-corrected chi connectivity index (χ2v) is 41.2. The fourth-order valence-corrected chi connectivity index (χ4v) is 20.3. The van der Waals surface area contributed by atoms with E-state index in [1.165, 1.54) is 49.4 Å². The summed E-state index contributed by atoms with van der Waals surface area (Å²) in [6, 6.07) is 140. The molecule has 0 fully saturated rings. The number of aromatic nitrogens is 2. The van der Waals surface area contributed by atoms with Crippen molar-refractivity contribution in [3.8, 4) is 106 Å². The first-order valence-electron chi connectivity index (χ1n) is 46.0. The zero-order valence-corrected chi connectivity index (χ0v) is 77.4. The number of anilines is 6. The van der Waals surface area contributed by atoms with Gasteiger partial charge in [-0.1, -0.05) is 340 Å². The van der Waals surface area contributed by atoms with Gasteiger partial charge in [-0.3, -0.25) is 0 Å². The lowest BCUT2D eigenvalue weighted by Crippen LogP contribution is -2.61. The molecule has 0 amide bonds. The number of fused-ring (bicyclic) bond motifs is 10. The van der Waals surface area contributed by atoms with Crippen LogP contribution in [0.15, 0.2) is 364 Å². The zero-order chi connectivity index (χ0) is 90.5. The molecular weight excluding hydrogens is 1580 g/mol. The molecule has 2 aliphatic rings. The van der Waals surface area contributed by atoms with Crippen LogP contribution < -0.4 is 26.2 Å². The molecule has 4 heterocycles. The highest BCUT2D eigenvalue weighted by atomic mass is 15.2.